The summed E-state index contributed by atoms with van der Waals surface area (Å²) in [5.41, 5.74) is 0.551. The maximum Gasteiger partial charge on any atom is 0.276 e. The maximum absolute atomic E-state index is 13.7. The fraction of sp³-hybridized carbons (Fsp3) is 0. The van der Waals surface area contributed by atoms with Gasteiger partial charge in [0.25, 0.3) is 5.56 Å². The van der Waals surface area contributed by atoms with E-state index in [1.165, 1.54) is 28.0 Å². The van der Waals surface area contributed by atoms with Crippen molar-refractivity contribution in [3.63, 3.8) is 0 Å². The largest absolute Gasteiger partial charge is 0.331 e. The molecule has 3 rings (SSSR count). The molecule has 0 unspecified atom stereocenters. The molecule has 3 nitrogen and oxygen atoms in total. The summed E-state index contributed by atoms with van der Waals surface area (Å²) in [4.78, 5) is 15.2. The third-order valence-electron chi connectivity index (χ3n) is 2.60. The van der Waals surface area contributed by atoms with Gasteiger partial charge in [-0.2, -0.15) is 0 Å². The van der Waals surface area contributed by atoms with Crippen LogP contribution in [0.5, 0.6) is 0 Å². The van der Waals surface area contributed by atoms with Gasteiger partial charge in [0.05, 0.1) is 11.2 Å². The zero-order chi connectivity index (χ0) is 12.7. The predicted octanol–water partition coefficient (Wildman–Crippen LogP) is 3.25. The zero-order valence-corrected chi connectivity index (χ0v) is 10.6. The molecule has 6 heteroatoms. The molecule has 0 saturated carbocycles. The number of benzene rings is 1. The third-order valence-corrected chi connectivity index (χ3v) is 3.79. The van der Waals surface area contributed by atoms with Gasteiger partial charge in [0.1, 0.15) is 10.5 Å². The van der Waals surface area contributed by atoms with Gasteiger partial charge in [-0.05, 0) is 35.8 Å². The van der Waals surface area contributed by atoms with Crippen molar-refractivity contribution in [3.05, 3.63) is 56.7 Å². The Morgan fingerprint density at radius 3 is 2.83 bits per heavy atom. The van der Waals surface area contributed by atoms with Crippen molar-refractivity contribution in [1.82, 2.24) is 9.55 Å². The van der Waals surface area contributed by atoms with Crippen LogP contribution in [0, 0.1) is 10.6 Å². The lowest BCUT2D eigenvalue weighted by Crippen LogP contribution is -2.20. The molecule has 3 aromatic rings. The van der Waals surface area contributed by atoms with Gasteiger partial charge in [-0.15, -0.1) is 11.3 Å². The van der Waals surface area contributed by atoms with Crippen LogP contribution in [0.15, 0.2) is 40.5 Å². The van der Waals surface area contributed by atoms with Gasteiger partial charge in [-0.1, -0.05) is 12.1 Å². The molecule has 2 aromatic heterocycles. The summed E-state index contributed by atoms with van der Waals surface area (Å²) in [7, 11) is 0. The number of thiophene rings is 1. The molecule has 0 amide bonds. The minimum absolute atomic E-state index is 0.166. The minimum atomic E-state index is -0.477. The highest BCUT2D eigenvalue weighted by molar-refractivity contribution is 7.71. The van der Waals surface area contributed by atoms with Crippen LogP contribution in [0.1, 0.15) is 0 Å². The summed E-state index contributed by atoms with van der Waals surface area (Å²) in [6.45, 7) is 0. The maximum atomic E-state index is 13.7. The van der Waals surface area contributed by atoms with E-state index in [2.05, 4.69) is 4.98 Å². The highest BCUT2D eigenvalue weighted by atomic mass is 32.1. The van der Waals surface area contributed by atoms with Crippen LogP contribution in [-0.2, 0) is 0 Å². The number of aromatic amines is 1. The van der Waals surface area contributed by atoms with Crippen LogP contribution in [0.25, 0.3) is 15.9 Å². The van der Waals surface area contributed by atoms with E-state index in [-0.39, 0.29) is 16.0 Å². The van der Waals surface area contributed by atoms with Crippen LogP contribution < -0.4 is 5.56 Å². The average molecular weight is 278 g/mol. The Morgan fingerprint density at radius 1 is 1.28 bits per heavy atom. The topological polar surface area (TPSA) is 37.8 Å². The van der Waals surface area contributed by atoms with Crippen molar-refractivity contribution in [3.8, 4) is 5.69 Å². The lowest BCUT2D eigenvalue weighted by molar-refractivity contribution is 0.615. The number of aromatic nitrogens is 2. The van der Waals surface area contributed by atoms with Gasteiger partial charge in [-0.25, -0.2) is 8.96 Å². The molecule has 0 saturated heterocycles. The van der Waals surface area contributed by atoms with Crippen LogP contribution in [-0.4, -0.2) is 9.55 Å². The van der Waals surface area contributed by atoms with Crippen molar-refractivity contribution < 1.29 is 4.39 Å². The first kappa shape index (κ1) is 11.3. The van der Waals surface area contributed by atoms with Crippen molar-refractivity contribution in [2.24, 2.45) is 0 Å². The van der Waals surface area contributed by atoms with E-state index < -0.39 is 5.82 Å². The van der Waals surface area contributed by atoms with Gasteiger partial charge in [0.15, 0.2) is 4.77 Å². The van der Waals surface area contributed by atoms with Crippen molar-refractivity contribution in [2.45, 2.75) is 0 Å². The first-order chi connectivity index (χ1) is 8.68. The SMILES string of the molecule is O=c1c2sccc2[nH]c(=S)n1-c1ccccc1F. The fourth-order valence-corrected chi connectivity index (χ4v) is 2.86. The number of halogens is 1. The number of nitrogens with one attached hydrogen (secondary N) is 1. The molecule has 2 heterocycles. The molecule has 0 spiro atoms. The van der Waals surface area contributed by atoms with Crippen molar-refractivity contribution in [1.29, 1.82) is 0 Å². The van der Waals surface area contributed by atoms with Gasteiger partial charge < -0.3 is 4.98 Å². The monoisotopic (exact) mass is 278 g/mol. The molecule has 0 atom stereocenters. The summed E-state index contributed by atoms with van der Waals surface area (Å²) >= 11 is 6.42. The number of hydrogen-bond donors (Lipinski definition) is 1. The smallest absolute Gasteiger partial charge is 0.276 e. The second-order valence-corrected chi connectivity index (χ2v) is 4.99. The number of rotatable bonds is 1. The van der Waals surface area contributed by atoms with E-state index in [0.717, 1.165) is 0 Å². The Bertz CT molecular complexity index is 847. The third kappa shape index (κ3) is 1.61. The number of H-pyrrole nitrogens is 1. The van der Waals surface area contributed by atoms with E-state index >= 15 is 0 Å². The molecule has 1 N–H and O–H groups in total. The van der Waals surface area contributed by atoms with Gasteiger partial charge in [0, 0.05) is 0 Å². The van der Waals surface area contributed by atoms with Crippen LogP contribution in [0.4, 0.5) is 4.39 Å². The summed E-state index contributed by atoms with van der Waals surface area (Å²) in [5.74, 6) is -0.477. The molecule has 0 bridgehead atoms. The van der Waals surface area contributed by atoms with E-state index in [1.54, 1.807) is 23.6 Å². The summed E-state index contributed by atoms with van der Waals surface area (Å²) < 4.78 is 15.7. The normalized spacial score (nSPS) is 10.9. The molecule has 0 radical (unpaired) electrons. The predicted molar refractivity (Wildman–Crippen MR) is 72.6 cm³/mol. The quantitative estimate of drug-likeness (QED) is 0.694. The first-order valence-corrected chi connectivity index (χ1v) is 6.45. The van der Waals surface area contributed by atoms with Crippen LogP contribution >= 0.6 is 23.6 Å². The van der Waals surface area contributed by atoms with Gasteiger partial charge in [0.2, 0.25) is 0 Å². The Morgan fingerprint density at radius 2 is 2.06 bits per heavy atom. The minimum Gasteiger partial charge on any atom is -0.331 e. The first-order valence-electron chi connectivity index (χ1n) is 5.16. The standard InChI is InChI=1S/C12H7FN2OS2/c13-7-3-1-2-4-9(7)15-11(16)10-8(5-6-18-10)14-12(15)17/h1-6H,(H,14,17). The van der Waals surface area contributed by atoms with E-state index in [4.69, 9.17) is 12.2 Å². The van der Waals surface area contributed by atoms with Crippen LogP contribution in [0.3, 0.4) is 0 Å². The summed E-state index contributed by atoms with van der Waals surface area (Å²) in [6, 6.07) is 7.84. The zero-order valence-electron chi connectivity index (χ0n) is 9.01. The highest BCUT2D eigenvalue weighted by Crippen LogP contribution is 2.17. The Kier molecular flexibility index (Phi) is 2.61. The lowest BCUT2D eigenvalue weighted by atomic mass is 10.3. The molecule has 0 fully saturated rings. The summed E-state index contributed by atoms with van der Waals surface area (Å²) in [6.07, 6.45) is 0. The average Bonchev–Trinajstić information content (AvgIpc) is 2.79. The molecule has 90 valence electrons. The van der Waals surface area contributed by atoms with E-state index in [9.17, 15) is 9.18 Å². The Labute approximate surface area is 110 Å². The fourth-order valence-electron chi connectivity index (χ4n) is 1.79. The van der Waals surface area contributed by atoms with Crippen molar-refractivity contribution >= 4 is 33.8 Å². The Balaban J connectivity index is 2.47. The second-order valence-electron chi connectivity index (χ2n) is 3.69. The molecule has 0 aliphatic carbocycles. The second kappa shape index (κ2) is 4.15. The number of fused-ring (bicyclic) bond motifs is 1. The lowest BCUT2D eigenvalue weighted by Gasteiger charge is -2.06. The van der Waals surface area contributed by atoms with Crippen LogP contribution in [0.2, 0.25) is 0 Å². The van der Waals surface area contributed by atoms with Gasteiger partial charge in [-0.3, -0.25) is 4.79 Å². The number of nitrogens with zero attached hydrogens (tertiary/aromatic N) is 1. The van der Waals surface area contributed by atoms with Gasteiger partial charge >= 0.3 is 0 Å². The highest BCUT2D eigenvalue weighted by Gasteiger charge is 2.11. The summed E-state index contributed by atoms with van der Waals surface area (Å²) in [5, 5.41) is 1.79. The molecular weight excluding hydrogens is 271 g/mol. The molecule has 1 aromatic carbocycles. The molecule has 18 heavy (non-hydrogen) atoms. The van der Waals surface area contributed by atoms with E-state index in [0.29, 0.717) is 10.2 Å². The Hall–Kier alpha value is -1.79. The van der Waals surface area contributed by atoms with E-state index in [1.807, 2.05) is 0 Å². The molecule has 0 aliphatic heterocycles. The number of hydrogen-bond acceptors (Lipinski definition) is 3. The van der Waals surface area contributed by atoms with Crippen molar-refractivity contribution in [2.75, 3.05) is 0 Å². The molecule has 0 aliphatic rings. The molecular formula is C12H7FN2OS2. The number of para-hydroxylation sites is 1.